The molecule has 18 heavy (non-hydrogen) atoms. The monoisotopic (exact) mass is 271 g/mol. The average Bonchev–Trinajstić information content (AvgIpc) is 2.70. The summed E-state index contributed by atoms with van der Waals surface area (Å²) in [6, 6.07) is 0.0369. The van der Waals surface area contributed by atoms with E-state index in [9.17, 15) is 8.42 Å². The molecule has 0 saturated heterocycles. The van der Waals surface area contributed by atoms with Crippen LogP contribution in [0.1, 0.15) is 38.9 Å². The van der Waals surface area contributed by atoms with Gasteiger partial charge in [0, 0.05) is 6.04 Å². The molecule has 5 nitrogen and oxygen atoms in total. The van der Waals surface area contributed by atoms with Crippen molar-refractivity contribution in [3.63, 3.8) is 0 Å². The second kappa shape index (κ2) is 5.01. The van der Waals surface area contributed by atoms with Crippen molar-refractivity contribution >= 4 is 10.0 Å². The Kier molecular flexibility index (Phi) is 3.77. The van der Waals surface area contributed by atoms with Gasteiger partial charge in [-0.25, -0.2) is 18.1 Å². The maximum absolute atomic E-state index is 12.2. The van der Waals surface area contributed by atoms with Crippen molar-refractivity contribution in [2.24, 2.45) is 11.8 Å². The molecule has 3 unspecified atom stereocenters. The summed E-state index contributed by atoms with van der Waals surface area (Å²) in [5.74, 6) is 1.68. The summed E-state index contributed by atoms with van der Waals surface area (Å²) in [5, 5.41) is 0.158. The van der Waals surface area contributed by atoms with Crippen molar-refractivity contribution in [1.82, 2.24) is 14.7 Å². The summed E-state index contributed by atoms with van der Waals surface area (Å²) < 4.78 is 27.1. The fourth-order valence-electron chi connectivity index (χ4n) is 2.64. The minimum Gasteiger partial charge on any atom is -0.332 e. The summed E-state index contributed by atoms with van der Waals surface area (Å²) >= 11 is 0. The SMILES string of the molecule is Cc1ncc(S(=O)(=O)NC2CCC(C)CC2C)[nH]1. The molecule has 102 valence electrons. The highest BCUT2D eigenvalue weighted by Crippen LogP contribution is 2.29. The smallest absolute Gasteiger partial charge is 0.257 e. The van der Waals surface area contributed by atoms with Gasteiger partial charge in [-0.15, -0.1) is 0 Å². The number of imidazole rings is 1. The molecule has 0 aromatic carbocycles. The summed E-state index contributed by atoms with van der Waals surface area (Å²) in [7, 11) is -3.46. The van der Waals surface area contributed by atoms with E-state index in [4.69, 9.17) is 0 Å². The van der Waals surface area contributed by atoms with Crippen LogP contribution in [0.4, 0.5) is 0 Å². The number of sulfonamides is 1. The summed E-state index contributed by atoms with van der Waals surface area (Å²) in [5.41, 5.74) is 0. The topological polar surface area (TPSA) is 74.8 Å². The Morgan fingerprint density at radius 1 is 1.39 bits per heavy atom. The molecule has 0 spiro atoms. The number of nitrogens with zero attached hydrogens (tertiary/aromatic N) is 1. The fraction of sp³-hybridized carbons (Fsp3) is 0.750. The average molecular weight is 271 g/mol. The summed E-state index contributed by atoms with van der Waals surface area (Å²) in [6.45, 7) is 6.07. The highest BCUT2D eigenvalue weighted by molar-refractivity contribution is 7.89. The van der Waals surface area contributed by atoms with E-state index in [0.29, 0.717) is 17.7 Å². The van der Waals surface area contributed by atoms with Crippen molar-refractivity contribution in [2.75, 3.05) is 0 Å². The zero-order valence-electron chi connectivity index (χ0n) is 11.1. The van der Waals surface area contributed by atoms with E-state index in [1.165, 1.54) is 6.20 Å². The third-order valence-corrected chi connectivity index (χ3v) is 5.11. The molecule has 0 bridgehead atoms. The van der Waals surface area contributed by atoms with Gasteiger partial charge < -0.3 is 4.98 Å². The van der Waals surface area contributed by atoms with Crippen molar-refractivity contribution < 1.29 is 8.42 Å². The summed E-state index contributed by atoms with van der Waals surface area (Å²) in [6.07, 6.45) is 4.44. The second-order valence-corrected chi connectivity index (χ2v) is 7.14. The number of aromatic amines is 1. The maximum Gasteiger partial charge on any atom is 0.257 e. The number of H-pyrrole nitrogens is 1. The lowest BCUT2D eigenvalue weighted by atomic mass is 9.80. The Balaban J connectivity index is 2.09. The molecule has 0 radical (unpaired) electrons. The molecule has 3 atom stereocenters. The van der Waals surface area contributed by atoms with Crippen LogP contribution >= 0.6 is 0 Å². The molecule has 1 aliphatic rings. The van der Waals surface area contributed by atoms with Crippen LogP contribution < -0.4 is 4.72 Å². The molecule has 1 saturated carbocycles. The lowest BCUT2D eigenvalue weighted by Gasteiger charge is -2.32. The van der Waals surface area contributed by atoms with Gasteiger partial charge >= 0.3 is 0 Å². The molecule has 0 aliphatic heterocycles. The van der Waals surface area contributed by atoms with E-state index in [1.54, 1.807) is 6.92 Å². The number of aromatic nitrogens is 2. The second-order valence-electron chi connectivity index (χ2n) is 5.46. The third kappa shape index (κ3) is 2.92. The van der Waals surface area contributed by atoms with Crippen LogP contribution in [0.15, 0.2) is 11.2 Å². The molecule has 1 aromatic heterocycles. The van der Waals surface area contributed by atoms with Crippen molar-refractivity contribution in [3.05, 3.63) is 12.0 Å². The molecule has 1 fully saturated rings. The normalized spacial score (nSPS) is 29.4. The van der Waals surface area contributed by atoms with Crippen LogP contribution in [0.25, 0.3) is 0 Å². The highest BCUT2D eigenvalue weighted by Gasteiger charge is 2.29. The molecule has 6 heteroatoms. The quantitative estimate of drug-likeness (QED) is 0.880. The van der Waals surface area contributed by atoms with Gasteiger partial charge in [0.25, 0.3) is 10.0 Å². The number of nitrogens with one attached hydrogen (secondary N) is 2. The zero-order valence-corrected chi connectivity index (χ0v) is 11.9. The fourth-order valence-corrected chi connectivity index (χ4v) is 3.99. The third-order valence-electron chi connectivity index (χ3n) is 3.71. The van der Waals surface area contributed by atoms with Gasteiger partial charge in [0.05, 0.1) is 6.20 Å². The van der Waals surface area contributed by atoms with Gasteiger partial charge in [-0.05, 0) is 38.0 Å². The Labute approximate surface area is 108 Å². The Morgan fingerprint density at radius 3 is 2.67 bits per heavy atom. The Morgan fingerprint density at radius 2 is 2.11 bits per heavy atom. The maximum atomic E-state index is 12.2. The van der Waals surface area contributed by atoms with E-state index in [0.717, 1.165) is 19.3 Å². The first-order chi connectivity index (χ1) is 8.38. The molecule has 1 aromatic rings. The van der Waals surface area contributed by atoms with Gasteiger partial charge in [-0.1, -0.05) is 13.8 Å². The molecule has 0 amide bonds. The standard InChI is InChI=1S/C12H21N3O2S/c1-8-4-5-11(9(2)6-8)15-18(16,17)12-7-13-10(3)14-12/h7-9,11,15H,4-6H2,1-3H3,(H,13,14). The molecule has 1 heterocycles. The van der Waals surface area contributed by atoms with Crippen LogP contribution in [0.5, 0.6) is 0 Å². The van der Waals surface area contributed by atoms with Gasteiger partial charge in [0.1, 0.15) is 5.82 Å². The summed E-state index contributed by atoms with van der Waals surface area (Å²) in [4.78, 5) is 6.70. The van der Waals surface area contributed by atoms with Gasteiger partial charge in [0.2, 0.25) is 0 Å². The zero-order chi connectivity index (χ0) is 13.3. The number of rotatable bonds is 3. The predicted octanol–water partition coefficient (Wildman–Crippen LogP) is 1.82. The molecular weight excluding hydrogens is 250 g/mol. The number of aryl methyl sites for hydroxylation is 1. The lowest BCUT2D eigenvalue weighted by molar-refractivity contribution is 0.249. The van der Waals surface area contributed by atoms with E-state index < -0.39 is 10.0 Å². The van der Waals surface area contributed by atoms with Crippen LogP contribution in [0, 0.1) is 18.8 Å². The highest BCUT2D eigenvalue weighted by atomic mass is 32.2. The van der Waals surface area contributed by atoms with Crippen LogP contribution in [-0.4, -0.2) is 24.4 Å². The van der Waals surface area contributed by atoms with E-state index >= 15 is 0 Å². The first-order valence-corrected chi connectivity index (χ1v) is 7.90. The number of hydrogen-bond donors (Lipinski definition) is 2. The number of hydrogen-bond acceptors (Lipinski definition) is 3. The van der Waals surface area contributed by atoms with Crippen molar-refractivity contribution in [1.29, 1.82) is 0 Å². The van der Waals surface area contributed by atoms with E-state index in [1.807, 2.05) is 0 Å². The van der Waals surface area contributed by atoms with E-state index in [-0.39, 0.29) is 11.1 Å². The lowest BCUT2D eigenvalue weighted by Crippen LogP contribution is -2.42. The van der Waals surface area contributed by atoms with Gasteiger partial charge in [0.15, 0.2) is 5.03 Å². The van der Waals surface area contributed by atoms with Crippen LogP contribution in [0.3, 0.4) is 0 Å². The van der Waals surface area contributed by atoms with Crippen molar-refractivity contribution in [2.45, 2.75) is 51.1 Å². The molecule has 2 N–H and O–H groups in total. The molecule has 2 rings (SSSR count). The Hall–Kier alpha value is -0.880. The van der Waals surface area contributed by atoms with Crippen LogP contribution in [-0.2, 0) is 10.0 Å². The van der Waals surface area contributed by atoms with Gasteiger partial charge in [-0.2, -0.15) is 0 Å². The van der Waals surface area contributed by atoms with Gasteiger partial charge in [-0.3, -0.25) is 0 Å². The first-order valence-electron chi connectivity index (χ1n) is 6.42. The molecule has 1 aliphatic carbocycles. The largest absolute Gasteiger partial charge is 0.332 e. The minimum atomic E-state index is -3.46. The Bertz CT molecular complexity index is 509. The van der Waals surface area contributed by atoms with Crippen molar-refractivity contribution in [3.8, 4) is 0 Å². The minimum absolute atomic E-state index is 0.0369. The predicted molar refractivity (Wildman–Crippen MR) is 69.6 cm³/mol. The molecular formula is C12H21N3O2S. The first kappa shape index (κ1) is 13.5. The van der Waals surface area contributed by atoms with Crippen LogP contribution in [0.2, 0.25) is 0 Å². The van der Waals surface area contributed by atoms with E-state index in [2.05, 4.69) is 28.5 Å².